The highest BCUT2D eigenvalue weighted by molar-refractivity contribution is 7.99. The maximum atomic E-state index is 12.3. The van der Waals surface area contributed by atoms with Crippen LogP contribution in [-0.2, 0) is 17.9 Å². The van der Waals surface area contributed by atoms with Gasteiger partial charge in [0.25, 0.3) is 0 Å². The Labute approximate surface area is 169 Å². The van der Waals surface area contributed by atoms with Gasteiger partial charge in [-0.05, 0) is 31.5 Å². The maximum absolute atomic E-state index is 12.3. The topological polar surface area (TPSA) is 69.0 Å². The van der Waals surface area contributed by atoms with Crippen molar-refractivity contribution >= 4 is 17.7 Å². The smallest absolute Gasteiger partial charge is 0.230 e. The molecule has 3 rings (SSSR count). The molecule has 7 heteroatoms. The molecular weight excluding hydrogens is 372 g/mol. The maximum Gasteiger partial charge on any atom is 0.230 e. The van der Waals surface area contributed by atoms with E-state index in [4.69, 9.17) is 4.74 Å². The van der Waals surface area contributed by atoms with Crippen LogP contribution < -0.4 is 10.1 Å². The summed E-state index contributed by atoms with van der Waals surface area (Å²) in [5, 5.41) is 12.2. The van der Waals surface area contributed by atoms with Crippen molar-refractivity contribution in [3.8, 4) is 5.75 Å². The molecular formula is C21H24N4O2S. The molecule has 1 unspecified atom stereocenters. The molecule has 2 aromatic carbocycles. The number of ether oxygens (including phenoxy) is 1. The number of thioether (sulfide) groups is 1. The average molecular weight is 397 g/mol. The third-order valence-corrected chi connectivity index (χ3v) is 5.20. The molecule has 6 nitrogen and oxygen atoms in total. The van der Waals surface area contributed by atoms with Gasteiger partial charge in [0.15, 0.2) is 11.0 Å². The molecule has 0 bridgehead atoms. The Hall–Kier alpha value is -2.80. The fourth-order valence-corrected chi connectivity index (χ4v) is 3.59. The summed E-state index contributed by atoms with van der Waals surface area (Å²) in [7, 11) is 0. The minimum Gasteiger partial charge on any atom is -0.486 e. The summed E-state index contributed by atoms with van der Waals surface area (Å²) in [6, 6.07) is 19.5. The van der Waals surface area contributed by atoms with E-state index in [9.17, 15) is 4.79 Å². The molecule has 0 aliphatic carbocycles. The number of hydrogen-bond acceptors (Lipinski definition) is 5. The van der Waals surface area contributed by atoms with Crippen molar-refractivity contribution in [1.29, 1.82) is 0 Å². The highest BCUT2D eigenvalue weighted by Gasteiger charge is 2.15. The number of hydrogen-bond donors (Lipinski definition) is 1. The largest absolute Gasteiger partial charge is 0.486 e. The number of aromatic nitrogens is 3. The van der Waals surface area contributed by atoms with Crippen molar-refractivity contribution in [2.45, 2.75) is 38.2 Å². The number of carbonyl (C=O) groups excluding carboxylic acids is 1. The SMILES string of the molecule is CCn1c(COc2ccccc2)nnc1SCC(=O)NC(C)c1ccccc1. The first-order valence-corrected chi connectivity index (χ1v) is 10.2. The minimum atomic E-state index is -0.0341. The summed E-state index contributed by atoms with van der Waals surface area (Å²) < 4.78 is 7.74. The van der Waals surface area contributed by atoms with Gasteiger partial charge in [-0.3, -0.25) is 4.79 Å². The van der Waals surface area contributed by atoms with Crippen molar-refractivity contribution < 1.29 is 9.53 Å². The summed E-state index contributed by atoms with van der Waals surface area (Å²) in [5.41, 5.74) is 1.08. The second-order valence-corrected chi connectivity index (χ2v) is 7.18. The first-order chi connectivity index (χ1) is 13.7. The summed E-state index contributed by atoms with van der Waals surface area (Å²) >= 11 is 1.38. The molecule has 0 aliphatic heterocycles. The number of carbonyl (C=O) groups is 1. The van der Waals surface area contributed by atoms with Crippen LogP contribution in [0.4, 0.5) is 0 Å². The van der Waals surface area contributed by atoms with Crippen LogP contribution in [0.2, 0.25) is 0 Å². The first kappa shape index (κ1) is 19.9. The average Bonchev–Trinajstić information content (AvgIpc) is 3.14. The first-order valence-electron chi connectivity index (χ1n) is 9.24. The van der Waals surface area contributed by atoms with Crippen molar-refractivity contribution in [2.24, 2.45) is 0 Å². The zero-order valence-electron chi connectivity index (χ0n) is 16.0. The number of para-hydroxylation sites is 1. The Morgan fingerprint density at radius 3 is 2.46 bits per heavy atom. The Balaban J connectivity index is 1.54. The van der Waals surface area contributed by atoms with Gasteiger partial charge in [0.2, 0.25) is 5.91 Å². The predicted octanol–water partition coefficient (Wildman–Crippen LogP) is 3.85. The van der Waals surface area contributed by atoms with Gasteiger partial charge in [-0.1, -0.05) is 60.3 Å². The molecule has 0 saturated heterocycles. The van der Waals surface area contributed by atoms with Crippen LogP contribution in [0.1, 0.15) is 31.3 Å². The van der Waals surface area contributed by atoms with Crippen LogP contribution in [0, 0.1) is 0 Å². The van der Waals surface area contributed by atoms with Crippen LogP contribution in [0.15, 0.2) is 65.8 Å². The van der Waals surface area contributed by atoms with E-state index in [0.29, 0.717) is 13.2 Å². The molecule has 0 radical (unpaired) electrons. The van der Waals surface area contributed by atoms with Gasteiger partial charge in [0, 0.05) is 6.54 Å². The summed E-state index contributed by atoms with van der Waals surface area (Å²) in [6.07, 6.45) is 0. The molecule has 1 amide bonds. The molecule has 3 aromatic rings. The van der Waals surface area contributed by atoms with Gasteiger partial charge >= 0.3 is 0 Å². The standard InChI is InChI=1S/C21H24N4O2S/c1-3-25-19(14-27-18-12-8-5-9-13-18)23-24-21(25)28-15-20(26)22-16(2)17-10-6-4-7-11-17/h4-13,16H,3,14-15H2,1-2H3,(H,22,26). The normalized spacial score (nSPS) is 11.8. The Bertz CT molecular complexity index is 884. The third-order valence-electron chi connectivity index (χ3n) is 4.23. The van der Waals surface area contributed by atoms with Gasteiger partial charge in [0.1, 0.15) is 12.4 Å². The van der Waals surface area contributed by atoms with Crippen LogP contribution in [0.3, 0.4) is 0 Å². The van der Waals surface area contributed by atoms with Crippen LogP contribution in [-0.4, -0.2) is 26.4 Å². The van der Waals surface area contributed by atoms with E-state index in [1.165, 1.54) is 11.8 Å². The Kier molecular flexibility index (Phi) is 7.08. The molecule has 0 spiro atoms. The van der Waals surface area contributed by atoms with Gasteiger partial charge in [0.05, 0.1) is 11.8 Å². The molecule has 1 atom stereocenters. The number of benzene rings is 2. The van der Waals surface area contributed by atoms with Gasteiger partial charge < -0.3 is 14.6 Å². The lowest BCUT2D eigenvalue weighted by molar-refractivity contribution is -0.119. The van der Waals surface area contributed by atoms with E-state index in [-0.39, 0.29) is 17.7 Å². The van der Waals surface area contributed by atoms with Crippen LogP contribution in [0.5, 0.6) is 5.75 Å². The highest BCUT2D eigenvalue weighted by Crippen LogP contribution is 2.19. The lowest BCUT2D eigenvalue weighted by atomic mass is 10.1. The second kappa shape index (κ2) is 9.94. The fraction of sp³-hybridized carbons (Fsp3) is 0.286. The van der Waals surface area contributed by atoms with Crippen molar-refractivity contribution in [2.75, 3.05) is 5.75 Å². The van der Waals surface area contributed by atoms with Crippen molar-refractivity contribution in [3.63, 3.8) is 0 Å². The van der Waals surface area contributed by atoms with E-state index in [2.05, 4.69) is 15.5 Å². The molecule has 1 aromatic heterocycles. The molecule has 0 aliphatic rings. The minimum absolute atomic E-state index is 0.0332. The van der Waals surface area contributed by atoms with Crippen molar-refractivity contribution in [1.82, 2.24) is 20.1 Å². The number of rotatable bonds is 9. The number of nitrogens with one attached hydrogen (secondary N) is 1. The second-order valence-electron chi connectivity index (χ2n) is 6.23. The lowest BCUT2D eigenvalue weighted by Crippen LogP contribution is -2.28. The lowest BCUT2D eigenvalue weighted by Gasteiger charge is -2.14. The molecule has 1 N–H and O–H groups in total. The van der Waals surface area contributed by atoms with E-state index < -0.39 is 0 Å². The number of nitrogens with zero attached hydrogens (tertiary/aromatic N) is 3. The number of amides is 1. The molecule has 0 fully saturated rings. The Morgan fingerprint density at radius 1 is 1.11 bits per heavy atom. The van der Waals surface area contributed by atoms with Crippen LogP contribution in [0.25, 0.3) is 0 Å². The van der Waals surface area contributed by atoms with E-state index in [0.717, 1.165) is 22.3 Å². The zero-order chi connectivity index (χ0) is 19.8. The van der Waals surface area contributed by atoms with E-state index in [1.807, 2.05) is 79.1 Å². The molecule has 146 valence electrons. The quantitative estimate of drug-likeness (QED) is 0.557. The van der Waals surface area contributed by atoms with E-state index >= 15 is 0 Å². The van der Waals surface area contributed by atoms with Gasteiger partial charge in [-0.15, -0.1) is 10.2 Å². The van der Waals surface area contributed by atoms with Gasteiger partial charge in [-0.2, -0.15) is 0 Å². The monoisotopic (exact) mass is 396 g/mol. The molecule has 1 heterocycles. The highest BCUT2D eigenvalue weighted by atomic mass is 32.2. The predicted molar refractivity (Wildman–Crippen MR) is 110 cm³/mol. The summed E-state index contributed by atoms with van der Waals surface area (Å²) in [4.78, 5) is 12.3. The van der Waals surface area contributed by atoms with Crippen LogP contribution >= 0.6 is 11.8 Å². The molecule has 28 heavy (non-hydrogen) atoms. The van der Waals surface area contributed by atoms with E-state index in [1.54, 1.807) is 0 Å². The third kappa shape index (κ3) is 5.36. The molecule has 0 saturated carbocycles. The summed E-state index contributed by atoms with van der Waals surface area (Å²) in [5.74, 6) is 1.78. The zero-order valence-corrected chi connectivity index (χ0v) is 16.9. The summed E-state index contributed by atoms with van der Waals surface area (Å²) in [6.45, 7) is 5.05. The fourth-order valence-electron chi connectivity index (χ4n) is 2.75. The Morgan fingerprint density at radius 2 is 1.79 bits per heavy atom. The van der Waals surface area contributed by atoms with Crippen molar-refractivity contribution in [3.05, 3.63) is 72.1 Å². The van der Waals surface area contributed by atoms with Gasteiger partial charge in [-0.25, -0.2) is 0 Å².